The summed E-state index contributed by atoms with van der Waals surface area (Å²) in [4.78, 5) is 29.7. The number of amides is 2. The van der Waals surface area contributed by atoms with Crippen LogP contribution in [0.1, 0.15) is 88.3 Å². The molecule has 0 radical (unpaired) electrons. The van der Waals surface area contributed by atoms with Gasteiger partial charge in [-0.2, -0.15) is 0 Å². The first-order chi connectivity index (χ1) is 19.6. The Hall–Kier alpha value is -3.36. The highest BCUT2D eigenvalue weighted by Gasteiger charge is 2.37. The van der Waals surface area contributed by atoms with E-state index in [1.54, 1.807) is 36.4 Å². The number of fused-ring (bicyclic) bond motifs is 1. The zero-order valence-corrected chi connectivity index (χ0v) is 22.7. The summed E-state index contributed by atoms with van der Waals surface area (Å²) in [6.07, 6.45) is 6.35. The minimum atomic E-state index is -0.577. The number of rotatable bonds is 6. The molecule has 0 bridgehead atoms. The van der Waals surface area contributed by atoms with Crippen LogP contribution in [0.5, 0.6) is 0 Å². The SMILES string of the molecule is O=C1c2ccccc2C(=O)N1c1ccc(C2OC(CN3CCCCCCC3)CC(c3ccc(CO)cc3)O2)cc1. The summed E-state index contributed by atoms with van der Waals surface area (Å²) < 4.78 is 13.1. The molecule has 7 nitrogen and oxygen atoms in total. The molecule has 1 N–H and O–H groups in total. The molecule has 3 aromatic carbocycles. The number of hydrogen-bond acceptors (Lipinski definition) is 6. The van der Waals surface area contributed by atoms with E-state index in [4.69, 9.17) is 9.47 Å². The molecule has 7 heteroatoms. The summed E-state index contributed by atoms with van der Waals surface area (Å²) >= 11 is 0. The van der Waals surface area contributed by atoms with Crippen molar-refractivity contribution in [2.24, 2.45) is 0 Å². The smallest absolute Gasteiger partial charge is 0.266 e. The Labute approximate surface area is 235 Å². The molecule has 2 amide bonds. The summed E-state index contributed by atoms with van der Waals surface area (Å²) in [6, 6.07) is 22.2. The Balaban J connectivity index is 1.22. The van der Waals surface area contributed by atoms with Crippen LogP contribution in [-0.2, 0) is 16.1 Å². The Morgan fingerprint density at radius 2 is 1.32 bits per heavy atom. The fraction of sp³-hybridized carbons (Fsp3) is 0.394. The summed E-state index contributed by atoms with van der Waals surface area (Å²) in [5, 5.41) is 9.48. The van der Waals surface area contributed by atoms with Gasteiger partial charge in [0.25, 0.3) is 11.8 Å². The molecule has 3 aliphatic rings. The van der Waals surface area contributed by atoms with Crippen LogP contribution in [0.4, 0.5) is 5.69 Å². The highest BCUT2D eigenvalue weighted by molar-refractivity contribution is 6.34. The zero-order chi connectivity index (χ0) is 27.5. The van der Waals surface area contributed by atoms with Crippen LogP contribution >= 0.6 is 0 Å². The van der Waals surface area contributed by atoms with E-state index in [1.165, 1.54) is 37.0 Å². The molecule has 3 atom stereocenters. The van der Waals surface area contributed by atoms with Gasteiger partial charge in [-0.05, 0) is 61.3 Å². The lowest BCUT2D eigenvalue weighted by Crippen LogP contribution is -2.40. The lowest BCUT2D eigenvalue weighted by molar-refractivity contribution is -0.253. The van der Waals surface area contributed by atoms with Gasteiger partial charge in [0.15, 0.2) is 6.29 Å². The Bertz CT molecular complexity index is 1300. The number of benzene rings is 3. The van der Waals surface area contributed by atoms with E-state index >= 15 is 0 Å². The van der Waals surface area contributed by atoms with Crippen molar-refractivity contribution in [1.29, 1.82) is 0 Å². The summed E-state index contributed by atoms with van der Waals surface area (Å²) in [5.41, 5.74) is 4.16. The van der Waals surface area contributed by atoms with E-state index < -0.39 is 6.29 Å². The molecule has 0 spiro atoms. The summed E-state index contributed by atoms with van der Waals surface area (Å²) in [5.74, 6) is -0.614. The van der Waals surface area contributed by atoms with Crippen molar-refractivity contribution >= 4 is 17.5 Å². The fourth-order valence-electron chi connectivity index (χ4n) is 6.02. The third kappa shape index (κ3) is 5.60. The summed E-state index contributed by atoms with van der Waals surface area (Å²) in [6.45, 7) is 3.05. The number of anilines is 1. The highest BCUT2D eigenvalue weighted by Crippen LogP contribution is 2.39. The second-order valence-corrected chi connectivity index (χ2v) is 11.0. The maximum atomic E-state index is 13.0. The van der Waals surface area contributed by atoms with Gasteiger partial charge in [-0.15, -0.1) is 0 Å². The quantitative estimate of drug-likeness (QED) is 0.399. The van der Waals surface area contributed by atoms with Gasteiger partial charge in [0.05, 0.1) is 35.6 Å². The summed E-state index contributed by atoms with van der Waals surface area (Å²) in [7, 11) is 0. The van der Waals surface area contributed by atoms with E-state index in [1.807, 2.05) is 36.4 Å². The molecule has 40 heavy (non-hydrogen) atoms. The fourth-order valence-corrected chi connectivity index (χ4v) is 6.02. The zero-order valence-electron chi connectivity index (χ0n) is 22.7. The number of likely N-dealkylation sites (tertiary alicyclic amines) is 1. The molecule has 3 aromatic rings. The first-order valence-corrected chi connectivity index (χ1v) is 14.4. The Morgan fingerprint density at radius 1 is 0.725 bits per heavy atom. The molecule has 0 aromatic heterocycles. The molecule has 0 aliphatic carbocycles. The van der Waals surface area contributed by atoms with Gasteiger partial charge < -0.3 is 19.5 Å². The van der Waals surface area contributed by atoms with Crippen LogP contribution in [0.25, 0.3) is 0 Å². The van der Waals surface area contributed by atoms with E-state index in [-0.39, 0.29) is 30.6 Å². The number of hydrogen-bond donors (Lipinski definition) is 1. The van der Waals surface area contributed by atoms with Crippen molar-refractivity contribution in [3.05, 3.63) is 101 Å². The molecular formula is C33H36N2O5. The Morgan fingerprint density at radius 3 is 1.95 bits per heavy atom. The number of imide groups is 1. The standard InChI is InChI=1S/C33H36N2O5/c36-22-23-10-12-24(13-11-23)30-20-27(21-34-18-6-2-1-3-7-19-34)39-33(40-30)25-14-16-26(17-15-25)35-31(37)28-8-4-5-9-29(28)32(35)38/h4-5,8-17,27,30,33,36H,1-3,6-7,18-22H2. The molecule has 2 fully saturated rings. The lowest BCUT2D eigenvalue weighted by atomic mass is 9.99. The van der Waals surface area contributed by atoms with Gasteiger partial charge in [-0.1, -0.05) is 67.8 Å². The lowest BCUT2D eigenvalue weighted by Gasteiger charge is -2.39. The van der Waals surface area contributed by atoms with Crippen LogP contribution in [0.2, 0.25) is 0 Å². The molecule has 3 unspecified atom stereocenters. The first-order valence-electron chi connectivity index (χ1n) is 14.4. The normalized spacial score (nSPS) is 24.0. The average molecular weight is 541 g/mol. The molecule has 6 rings (SSSR count). The number of aliphatic hydroxyl groups excluding tert-OH is 1. The number of aliphatic hydroxyl groups is 1. The molecule has 3 heterocycles. The molecule has 3 aliphatic heterocycles. The van der Waals surface area contributed by atoms with Gasteiger partial charge in [0, 0.05) is 18.5 Å². The predicted octanol–water partition coefficient (Wildman–Crippen LogP) is 5.79. The third-order valence-electron chi connectivity index (χ3n) is 8.24. The second-order valence-electron chi connectivity index (χ2n) is 11.0. The predicted molar refractivity (Wildman–Crippen MR) is 152 cm³/mol. The van der Waals surface area contributed by atoms with Crippen LogP contribution in [0.15, 0.2) is 72.8 Å². The van der Waals surface area contributed by atoms with Crippen LogP contribution < -0.4 is 4.90 Å². The van der Waals surface area contributed by atoms with Crippen molar-refractivity contribution in [3.8, 4) is 0 Å². The topological polar surface area (TPSA) is 79.3 Å². The molecule has 2 saturated heterocycles. The maximum absolute atomic E-state index is 13.0. The number of carbonyl (C=O) groups excluding carboxylic acids is 2. The van der Waals surface area contributed by atoms with E-state index in [0.29, 0.717) is 16.8 Å². The van der Waals surface area contributed by atoms with Crippen molar-refractivity contribution in [1.82, 2.24) is 4.90 Å². The van der Waals surface area contributed by atoms with Crippen molar-refractivity contribution in [3.63, 3.8) is 0 Å². The van der Waals surface area contributed by atoms with E-state index in [0.717, 1.165) is 42.7 Å². The molecule has 208 valence electrons. The van der Waals surface area contributed by atoms with Gasteiger partial charge in [-0.25, -0.2) is 4.90 Å². The minimum Gasteiger partial charge on any atom is -0.392 e. The number of ether oxygens (including phenoxy) is 2. The van der Waals surface area contributed by atoms with E-state index in [2.05, 4.69) is 4.90 Å². The average Bonchev–Trinajstić information content (AvgIpc) is 3.24. The van der Waals surface area contributed by atoms with Crippen molar-refractivity contribution in [2.75, 3.05) is 24.5 Å². The van der Waals surface area contributed by atoms with Gasteiger partial charge in [0.2, 0.25) is 0 Å². The number of nitrogens with zero attached hydrogens (tertiary/aromatic N) is 2. The largest absolute Gasteiger partial charge is 0.392 e. The van der Waals surface area contributed by atoms with Gasteiger partial charge >= 0.3 is 0 Å². The van der Waals surface area contributed by atoms with Gasteiger partial charge in [-0.3, -0.25) is 9.59 Å². The monoisotopic (exact) mass is 540 g/mol. The third-order valence-corrected chi connectivity index (χ3v) is 8.24. The highest BCUT2D eigenvalue weighted by atomic mass is 16.7. The van der Waals surface area contributed by atoms with E-state index in [9.17, 15) is 14.7 Å². The molecular weight excluding hydrogens is 504 g/mol. The Kier molecular flexibility index (Phi) is 8.07. The van der Waals surface area contributed by atoms with Gasteiger partial charge in [0.1, 0.15) is 0 Å². The van der Waals surface area contributed by atoms with Crippen LogP contribution in [-0.4, -0.2) is 47.6 Å². The maximum Gasteiger partial charge on any atom is 0.266 e. The van der Waals surface area contributed by atoms with Crippen molar-refractivity contribution in [2.45, 2.75) is 63.6 Å². The molecule has 0 saturated carbocycles. The van der Waals surface area contributed by atoms with Crippen molar-refractivity contribution < 1.29 is 24.2 Å². The number of carbonyl (C=O) groups is 2. The minimum absolute atomic E-state index is 0.00314. The van der Waals surface area contributed by atoms with Crippen LogP contribution in [0, 0.1) is 0 Å². The van der Waals surface area contributed by atoms with Crippen LogP contribution in [0.3, 0.4) is 0 Å². The first kappa shape index (κ1) is 26.8. The second kappa shape index (κ2) is 12.0.